The highest BCUT2D eigenvalue weighted by molar-refractivity contribution is 6.17. The molecule has 0 N–H and O–H groups in total. The molecular weight excluding hydrogens is 637 g/mol. The van der Waals surface area contributed by atoms with Crippen molar-refractivity contribution >= 4 is 32.3 Å². The Balaban J connectivity index is 0.927. The highest BCUT2D eigenvalue weighted by Crippen LogP contribution is 2.69. The van der Waals surface area contributed by atoms with Gasteiger partial charge in [-0.1, -0.05) is 121 Å². The van der Waals surface area contributed by atoms with Gasteiger partial charge in [-0.25, -0.2) is 0 Å². The summed E-state index contributed by atoms with van der Waals surface area (Å²) in [5.41, 5.74) is 17.4. The fourth-order valence-corrected chi connectivity index (χ4v) is 13.0. The van der Waals surface area contributed by atoms with Crippen molar-refractivity contribution in [2.45, 2.75) is 43.9 Å². The summed E-state index contributed by atoms with van der Waals surface area (Å²) in [7, 11) is 0. The van der Waals surface area contributed by atoms with Crippen LogP contribution >= 0.6 is 0 Å². The molecule has 0 atom stereocenters. The predicted octanol–water partition coefficient (Wildman–Crippen LogP) is 13.8. The number of benzene rings is 8. The summed E-state index contributed by atoms with van der Waals surface area (Å²) < 4.78 is 0. The van der Waals surface area contributed by atoms with Crippen LogP contribution in [0.4, 0.5) is 0 Å². The van der Waals surface area contributed by atoms with Crippen LogP contribution in [-0.2, 0) is 11.8 Å². The molecule has 0 aliphatic heterocycles. The summed E-state index contributed by atoms with van der Waals surface area (Å²) in [6, 6.07) is 56.3. The second kappa shape index (κ2) is 10.4. The smallest absolute Gasteiger partial charge is 0.0272 e. The third-order valence-corrected chi connectivity index (χ3v) is 14.8. The summed E-state index contributed by atoms with van der Waals surface area (Å²) in [4.78, 5) is 0. The lowest BCUT2D eigenvalue weighted by atomic mass is 9.43. The first kappa shape index (κ1) is 29.0. The molecule has 0 amide bonds. The van der Waals surface area contributed by atoms with E-state index in [4.69, 9.17) is 0 Å². The lowest BCUT2D eigenvalue weighted by molar-refractivity contribution is -0.0398. The van der Waals surface area contributed by atoms with E-state index in [1.54, 1.807) is 11.1 Å². The predicted molar refractivity (Wildman–Crippen MR) is 221 cm³/mol. The van der Waals surface area contributed by atoms with E-state index in [1.807, 2.05) is 0 Å². The SMILES string of the molecule is c1cc(-c2ccc3c(c2)Cc2c-3c3ccccc3c3ccccc23)cc(-c2ccc3c(c2)-c2cc4ccccc4cc2C32C3CC4CC(C3)CC2C4)c1. The molecule has 0 heterocycles. The van der Waals surface area contributed by atoms with Gasteiger partial charge in [-0.05, 0) is 186 Å². The minimum absolute atomic E-state index is 0.182. The minimum Gasteiger partial charge on any atom is -0.0616 e. The summed E-state index contributed by atoms with van der Waals surface area (Å²) in [5, 5.41) is 8.25. The molecule has 0 nitrogen and oxygen atoms in total. The fourth-order valence-electron chi connectivity index (χ4n) is 13.0. The van der Waals surface area contributed by atoms with Gasteiger partial charge < -0.3 is 0 Å². The molecule has 1 spiro atoms. The molecule has 0 unspecified atom stereocenters. The monoisotopic (exact) mass is 676 g/mol. The van der Waals surface area contributed by atoms with Crippen LogP contribution in [0, 0.1) is 23.7 Å². The Morgan fingerprint density at radius 3 is 1.74 bits per heavy atom. The van der Waals surface area contributed by atoms with Crippen molar-refractivity contribution in [3.05, 3.63) is 168 Å². The van der Waals surface area contributed by atoms with E-state index in [-0.39, 0.29) is 5.41 Å². The summed E-state index contributed by atoms with van der Waals surface area (Å²) >= 11 is 0. The van der Waals surface area contributed by atoms with Crippen LogP contribution in [-0.4, -0.2) is 0 Å². The summed E-state index contributed by atoms with van der Waals surface area (Å²) in [5.74, 6) is 3.45. The molecule has 8 aromatic carbocycles. The summed E-state index contributed by atoms with van der Waals surface area (Å²) in [6.07, 6.45) is 8.14. The highest BCUT2D eigenvalue weighted by atomic mass is 14.6. The van der Waals surface area contributed by atoms with Crippen molar-refractivity contribution < 1.29 is 0 Å². The molecule has 0 saturated heterocycles. The second-order valence-electron chi connectivity index (χ2n) is 17.3. The molecule has 0 heteroatoms. The van der Waals surface area contributed by atoms with Gasteiger partial charge >= 0.3 is 0 Å². The van der Waals surface area contributed by atoms with Gasteiger partial charge in [0.25, 0.3) is 0 Å². The van der Waals surface area contributed by atoms with E-state index in [0.29, 0.717) is 0 Å². The van der Waals surface area contributed by atoms with Crippen molar-refractivity contribution in [3.63, 3.8) is 0 Å². The highest BCUT2D eigenvalue weighted by Gasteiger charge is 2.61. The van der Waals surface area contributed by atoms with Crippen molar-refractivity contribution in [1.82, 2.24) is 0 Å². The Labute approximate surface area is 311 Å². The van der Waals surface area contributed by atoms with Crippen LogP contribution < -0.4 is 0 Å². The zero-order chi connectivity index (χ0) is 34.4. The largest absolute Gasteiger partial charge is 0.0616 e. The van der Waals surface area contributed by atoms with E-state index in [1.165, 1.54) is 120 Å². The van der Waals surface area contributed by atoms with Crippen molar-refractivity contribution in [3.8, 4) is 44.5 Å². The van der Waals surface area contributed by atoms with Crippen LogP contribution in [0.5, 0.6) is 0 Å². The first-order valence-electron chi connectivity index (χ1n) is 20.1. The number of hydrogen-bond donors (Lipinski definition) is 0. The van der Waals surface area contributed by atoms with E-state index < -0.39 is 0 Å². The molecule has 4 bridgehead atoms. The second-order valence-corrected chi connectivity index (χ2v) is 17.3. The molecule has 14 rings (SSSR count). The van der Waals surface area contributed by atoms with Gasteiger partial charge in [0, 0.05) is 5.41 Å². The van der Waals surface area contributed by atoms with Gasteiger partial charge in [0.1, 0.15) is 0 Å². The molecule has 252 valence electrons. The first-order valence-corrected chi connectivity index (χ1v) is 20.1. The van der Waals surface area contributed by atoms with Crippen LogP contribution in [0.2, 0.25) is 0 Å². The van der Waals surface area contributed by atoms with Crippen LogP contribution in [0.1, 0.15) is 54.4 Å². The number of rotatable bonds is 2. The van der Waals surface area contributed by atoms with E-state index >= 15 is 0 Å². The van der Waals surface area contributed by atoms with Crippen LogP contribution in [0.3, 0.4) is 0 Å². The maximum Gasteiger partial charge on any atom is 0.0272 e. The molecule has 0 aromatic heterocycles. The number of fused-ring (bicyclic) bond motifs is 12. The maximum absolute atomic E-state index is 2.62. The van der Waals surface area contributed by atoms with E-state index in [9.17, 15) is 0 Å². The van der Waals surface area contributed by atoms with Crippen LogP contribution in [0.25, 0.3) is 76.8 Å². The molecule has 4 saturated carbocycles. The summed E-state index contributed by atoms with van der Waals surface area (Å²) in [6.45, 7) is 0. The molecule has 53 heavy (non-hydrogen) atoms. The van der Waals surface area contributed by atoms with Gasteiger partial charge in [-0.15, -0.1) is 0 Å². The topological polar surface area (TPSA) is 0 Å². The molecule has 4 fully saturated rings. The molecule has 0 radical (unpaired) electrons. The van der Waals surface area contributed by atoms with E-state index in [2.05, 4.69) is 146 Å². The average Bonchev–Trinajstić information content (AvgIpc) is 3.72. The van der Waals surface area contributed by atoms with Crippen LogP contribution in [0.15, 0.2) is 146 Å². The molecule has 6 aliphatic rings. The third-order valence-electron chi connectivity index (χ3n) is 14.8. The van der Waals surface area contributed by atoms with Gasteiger partial charge in [-0.3, -0.25) is 0 Å². The van der Waals surface area contributed by atoms with Gasteiger partial charge in [0.2, 0.25) is 0 Å². The lowest BCUT2D eigenvalue weighted by Crippen LogP contribution is -2.55. The number of hydrogen-bond acceptors (Lipinski definition) is 0. The quantitative estimate of drug-likeness (QED) is 0.160. The van der Waals surface area contributed by atoms with Gasteiger partial charge in [-0.2, -0.15) is 0 Å². The average molecular weight is 677 g/mol. The Morgan fingerprint density at radius 1 is 0.396 bits per heavy atom. The lowest BCUT2D eigenvalue weighted by Gasteiger charge is -2.61. The standard InChI is InChI=1S/C53H40/c1-2-9-36-30-51-48(27-35(36)8-1)47-28-38(17-19-50(47)53(51)40-21-31-20-32(23-40)24-41(53)22-31)34-11-7-10-33(25-34)37-16-18-42-39(26-37)29-49-45-14-4-3-12-43(45)44-13-5-6-15-46(44)52(42)49/h1-19,25-28,30-32,40-41H,20-24,29H2. The molecule has 6 aliphatic carbocycles. The molecular formula is C53H40. The Bertz CT molecular complexity index is 2860. The first-order chi connectivity index (χ1) is 26.2. The zero-order valence-electron chi connectivity index (χ0n) is 29.9. The van der Waals surface area contributed by atoms with Crippen molar-refractivity contribution in [1.29, 1.82) is 0 Å². The van der Waals surface area contributed by atoms with E-state index in [0.717, 1.165) is 30.1 Å². The Morgan fingerprint density at radius 2 is 0.981 bits per heavy atom. The fraction of sp³-hybridized carbons (Fsp3) is 0.208. The molecule has 8 aromatic rings. The Hall–Kier alpha value is -5.46. The van der Waals surface area contributed by atoms with Gasteiger partial charge in [0.15, 0.2) is 0 Å². The minimum atomic E-state index is 0.182. The zero-order valence-corrected chi connectivity index (χ0v) is 29.9. The maximum atomic E-state index is 2.62. The normalized spacial score (nSPS) is 24.2. The Kier molecular flexibility index (Phi) is 5.68. The van der Waals surface area contributed by atoms with Gasteiger partial charge in [0.05, 0.1) is 0 Å². The van der Waals surface area contributed by atoms with Crippen molar-refractivity contribution in [2.75, 3.05) is 0 Å². The van der Waals surface area contributed by atoms with Crippen molar-refractivity contribution in [2.24, 2.45) is 23.7 Å². The third kappa shape index (κ3) is 3.82.